The van der Waals surface area contributed by atoms with Crippen molar-refractivity contribution in [2.45, 2.75) is 38.3 Å². The molecule has 2 atom stereocenters. The summed E-state index contributed by atoms with van der Waals surface area (Å²) in [4.78, 5) is 5.79. The standard InChI is InChI=1S/C14H19N3S/c1-11(8-12-4-3-7-18-12)17-10-15-9-14(17)13-5-2-6-16-13/h3-4,7,9-11,13,16H,2,5-6,8H2,1H3. The zero-order chi connectivity index (χ0) is 12.4. The van der Waals surface area contributed by atoms with Gasteiger partial charge in [0.15, 0.2) is 0 Å². The van der Waals surface area contributed by atoms with Crippen LogP contribution in [0.3, 0.4) is 0 Å². The lowest BCUT2D eigenvalue weighted by Gasteiger charge is -2.19. The number of thiophene rings is 1. The number of nitrogens with one attached hydrogen (secondary N) is 1. The Hall–Kier alpha value is -1.13. The molecule has 18 heavy (non-hydrogen) atoms. The minimum absolute atomic E-state index is 0.476. The van der Waals surface area contributed by atoms with Gasteiger partial charge in [0.25, 0.3) is 0 Å². The number of imidazole rings is 1. The smallest absolute Gasteiger partial charge is 0.0951 e. The van der Waals surface area contributed by atoms with E-state index in [4.69, 9.17) is 0 Å². The lowest BCUT2D eigenvalue weighted by Crippen LogP contribution is -2.19. The van der Waals surface area contributed by atoms with Crippen molar-refractivity contribution in [2.75, 3.05) is 6.54 Å². The van der Waals surface area contributed by atoms with Crippen molar-refractivity contribution in [3.05, 3.63) is 40.6 Å². The van der Waals surface area contributed by atoms with Crippen LogP contribution >= 0.6 is 11.3 Å². The van der Waals surface area contributed by atoms with Gasteiger partial charge < -0.3 is 9.88 Å². The van der Waals surface area contributed by atoms with Crippen LogP contribution in [0.4, 0.5) is 0 Å². The van der Waals surface area contributed by atoms with Crippen molar-refractivity contribution in [1.82, 2.24) is 14.9 Å². The molecule has 2 aromatic rings. The Labute approximate surface area is 112 Å². The molecule has 3 heterocycles. The second kappa shape index (κ2) is 5.24. The summed E-state index contributed by atoms with van der Waals surface area (Å²) in [5.74, 6) is 0. The van der Waals surface area contributed by atoms with Gasteiger partial charge in [-0.05, 0) is 37.8 Å². The van der Waals surface area contributed by atoms with Gasteiger partial charge in [0.05, 0.1) is 12.0 Å². The van der Waals surface area contributed by atoms with Crippen LogP contribution in [0.1, 0.15) is 42.4 Å². The first-order valence-electron chi connectivity index (χ1n) is 6.62. The van der Waals surface area contributed by atoms with Gasteiger partial charge in [0, 0.05) is 29.6 Å². The first-order valence-corrected chi connectivity index (χ1v) is 7.50. The van der Waals surface area contributed by atoms with Gasteiger partial charge in [-0.25, -0.2) is 4.98 Å². The number of hydrogen-bond donors (Lipinski definition) is 1. The van der Waals surface area contributed by atoms with E-state index < -0.39 is 0 Å². The van der Waals surface area contributed by atoms with Crippen molar-refractivity contribution in [1.29, 1.82) is 0 Å². The Morgan fingerprint density at radius 1 is 1.61 bits per heavy atom. The maximum atomic E-state index is 4.34. The van der Waals surface area contributed by atoms with E-state index in [0.29, 0.717) is 12.1 Å². The van der Waals surface area contributed by atoms with Crippen LogP contribution in [0.25, 0.3) is 0 Å². The van der Waals surface area contributed by atoms with Crippen molar-refractivity contribution in [3.63, 3.8) is 0 Å². The van der Waals surface area contributed by atoms with E-state index in [-0.39, 0.29) is 0 Å². The minimum atomic E-state index is 0.476. The van der Waals surface area contributed by atoms with Crippen LogP contribution in [-0.4, -0.2) is 16.1 Å². The zero-order valence-electron chi connectivity index (χ0n) is 10.7. The van der Waals surface area contributed by atoms with Gasteiger partial charge in [-0.3, -0.25) is 0 Å². The molecule has 96 valence electrons. The summed E-state index contributed by atoms with van der Waals surface area (Å²) in [6.45, 7) is 3.41. The molecule has 3 rings (SSSR count). The van der Waals surface area contributed by atoms with Gasteiger partial charge in [-0.1, -0.05) is 6.07 Å². The molecule has 1 aliphatic rings. The predicted molar refractivity (Wildman–Crippen MR) is 74.9 cm³/mol. The van der Waals surface area contributed by atoms with Crippen LogP contribution in [-0.2, 0) is 6.42 Å². The normalized spacial score (nSPS) is 21.3. The molecule has 0 bridgehead atoms. The highest BCUT2D eigenvalue weighted by Gasteiger charge is 2.21. The molecule has 0 saturated carbocycles. The van der Waals surface area contributed by atoms with Crippen molar-refractivity contribution < 1.29 is 0 Å². The molecule has 0 spiro atoms. The van der Waals surface area contributed by atoms with Gasteiger partial charge >= 0.3 is 0 Å². The SMILES string of the molecule is CC(Cc1cccs1)n1cncc1C1CCCN1. The number of nitrogens with zero attached hydrogens (tertiary/aromatic N) is 2. The summed E-state index contributed by atoms with van der Waals surface area (Å²) in [6, 6.07) is 5.31. The maximum absolute atomic E-state index is 4.34. The van der Waals surface area contributed by atoms with E-state index in [2.05, 4.69) is 39.3 Å². The van der Waals surface area contributed by atoms with Crippen LogP contribution < -0.4 is 5.32 Å². The molecular formula is C14H19N3S. The number of aromatic nitrogens is 2. The fraction of sp³-hybridized carbons (Fsp3) is 0.500. The third-order valence-electron chi connectivity index (χ3n) is 3.66. The Kier molecular flexibility index (Phi) is 3.48. The molecule has 0 aromatic carbocycles. The average Bonchev–Trinajstić information content (AvgIpc) is 3.11. The molecule has 1 N–H and O–H groups in total. The molecule has 0 amide bonds. The Morgan fingerprint density at radius 3 is 3.28 bits per heavy atom. The van der Waals surface area contributed by atoms with Crippen molar-refractivity contribution in [2.24, 2.45) is 0 Å². The van der Waals surface area contributed by atoms with Crippen LogP contribution in [0.15, 0.2) is 30.0 Å². The minimum Gasteiger partial charge on any atom is -0.330 e. The summed E-state index contributed by atoms with van der Waals surface area (Å²) in [5, 5.41) is 5.70. The van der Waals surface area contributed by atoms with Crippen molar-refractivity contribution >= 4 is 11.3 Å². The summed E-state index contributed by atoms with van der Waals surface area (Å²) >= 11 is 1.84. The predicted octanol–water partition coefficient (Wildman–Crippen LogP) is 3.17. The molecule has 2 aromatic heterocycles. The largest absolute Gasteiger partial charge is 0.330 e. The van der Waals surface area contributed by atoms with E-state index in [9.17, 15) is 0 Å². The van der Waals surface area contributed by atoms with E-state index in [0.717, 1.165) is 13.0 Å². The molecule has 3 nitrogen and oxygen atoms in total. The average molecular weight is 261 g/mol. The molecule has 1 aliphatic heterocycles. The highest BCUT2D eigenvalue weighted by Crippen LogP contribution is 2.26. The Morgan fingerprint density at radius 2 is 2.56 bits per heavy atom. The molecule has 0 aliphatic carbocycles. The van der Waals surface area contributed by atoms with Crippen LogP contribution in [0.2, 0.25) is 0 Å². The summed E-state index contributed by atoms with van der Waals surface area (Å²) < 4.78 is 2.34. The maximum Gasteiger partial charge on any atom is 0.0951 e. The highest BCUT2D eigenvalue weighted by molar-refractivity contribution is 7.09. The molecule has 2 unspecified atom stereocenters. The van der Waals surface area contributed by atoms with Gasteiger partial charge in [-0.15, -0.1) is 11.3 Å². The Bertz CT molecular complexity index is 483. The van der Waals surface area contributed by atoms with E-state index in [1.807, 2.05) is 23.9 Å². The first-order chi connectivity index (χ1) is 8.84. The van der Waals surface area contributed by atoms with E-state index >= 15 is 0 Å². The third kappa shape index (κ3) is 2.35. The zero-order valence-corrected chi connectivity index (χ0v) is 11.5. The van der Waals surface area contributed by atoms with Crippen molar-refractivity contribution in [3.8, 4) is 0 Å². The van der Waals surface area contributed by atoms with Gasteiger partial charge in [0.1, 0.15) is 0 Å². The lowest BCUT2D eigenvalue weighted by atomic mass is 10.1. The highest BCUT2D eigenvalue weighted by atomic mass is 32.1. The summed E-state index contributed by atoms with van der Waals surface area (Å²) in [5.41, 5.74) is 1.34. The lowest BCUT2D eigenvalue weighted by molar-refractivity contribution is 0.491. The Balaban J connectivity index is 1.77. The molecule has 1 saturated heterocycles. The fourth-order valence-electron chi connectivity index (χ4n) is 2.71. The van der Waals surface area contributed by atoms with Crippen LogP contribution in [0.5, 0.6) is 0 Å². The molecule has 4 heteroatoms. The van der Waals surface area contributed by atoms with Crippen LogP contribution in [0, 0.1) is 0 Å². The second-order valence-electron chi connectivity index (χ2n) is 5.01. The number of rotatable bonds is 4. The monoisotopic (exact) mass is 261 g/mol. The topological polar surface area (TPSA) is 29.9 Å². The first kappa shape index (κ1) is 11.9. The quantitative estimate of drug-likeness (QED) is 0.916. The van der Waals surface area contributed by atoms with E-state index in [1.54, 1.807) is 0 Å². The molecule has 0 radical (unpaired) electrons. The van der Waals surface area contributed by atoms with Gasteiger partial charge in [0.2, 0.25) is 0 Å². The molecule has 1 fully saturated rings. The second-order valence-corrected chi connectivity index (χ2v) is 6.04. The third-order valence-corrected chi connectivity index (χ3v) is 4.56. The summed E-state index contributed by atoms with van der Waals surface area (Å²) in [6.07, 6.45) is 7.60. The van der Waals surface area contributed by atoms with Gasteiger partial charge in [-0.2, -0.15) is 0 Å². The fourth-order valence-corrected chi connectivity index (χ4v) is 3.53. The van der Waals surface area contributed by atoms with E-state index in [1.165, 1.54) is 23.4 Å². The number of hydrogen-bond acceptors (Lipinski definition) is 3. The molecular weight excluding hydrogens is 242 g/mol. The summed E-state index contributed by atoms with van der Waals surface area (Å²) in [7, 11) is 0.